The summed E-state index contributed by atoms with van der Waals surface area (Å²) in [6.45, 7) is 1.52. The first-order valence-corrected chi connectivity index (χ1v) is 13.1. The average molecular weight is 515 g/mol. The number of H-pyrrole nitrogens is 2. The molecule has 6 heterocycles. The zero-order chi connectivity index (χ0) is 25.3. The molecule has 0 radical (unpaired) electrons. The highest BCUT2D eigenvalue weighted by molar-refractivity contribution is 7.13. The Labute approximate surface area is 221 Å². The van der Waals surface area contributed by atoms with Crippen molar-refractivity contribution in [3.05, 3.63) is 102 Å². The van der Waals surface area contributed by atoms with E-state index >= 15 is 0 Å². The third kappa shape index (κ3) is 4.23. The molecule has 0 saturated heterocycles. The molecule has 0 aliphatic carbocycles. The molecule has 0 aliphatic heterocycles. The number of aromatic amines is 2. The number of nitrogens with one attached hydrogen (secondary N) is 3. The van der Waals surface area contributed by atoms with Crippen molar-refractivity contribution < 1.29 is 0 Å². The Morgan fingerprint density at radius 2 is 1.79 bits per heavy atom. The number of nitrogens with zero attached hydrogens (tertiary/aromatic N) is 5. The molecule has 8 nitrogen and oxygen atoms in total. The molecular weight excluding hydrogens is 492 g/mol. The van der Waals surface area contributed by atoms with Crippen LogP contribution in [0.2, 0.25) is 0 Å². The van der Waals surface area contributed by atoms with Crippen LogP contribution in [-0.2, 0) is 13.1 Å². The Balaban J connectivity index is 1.20. The van der Waals surface area contributed by atoms with E-state index in [2.05, 4.69) is 72.2 Å². The van der Waals surface area contributed by atoms with Crippen molar-refractivity contribution in [1.29, 1.82) is 0 Å². The summed E-state index contributed by atoms with van der Waals surface area (Å²) in [7, 11) is 0. The smallest absolute Gasteiger partial charge is 0.178 e. The Morgan fingerprint density at radius 3 is 2.68 bits per heavy atom. The zero-order valence-electron chi connectivity index (χ0n) is 20.2. The minimum atomic E-state index is 0.629. The van der Waals surface area contributed by atoms with Crippen molar-refractivity contribution in [2.24, 2.45) is 0 Å². The maximum Gasteiger partial charge on any atom is 0.178 e. The molecule has 0 unspecified atom stereocenters. The van der Waals surface area contributed by atoms with Gasteiger partial charge in [0.25, 0.3) is 0 Å². The lowest BCUT2D eigenvalue weighted by Gasteiger charge is -2.07. The van der Waals surface area contributed by atoms with Gasteiger partial charge in [0.2, 0.25) is 0 Å². The summed E-state index contributed by atoms with van der Waals surface area (Å²) in [4.78, 5) is 23.2. The summed E-state index contributed by atoms with van der Waals surface area (Å²) in [6.07, 6.45) is 5.51. The van der Waals surface area contributed by atoms with Crippen molar-refractivity contribution in [3.8, 4) is 33.2 Å². The number of thiophene rings is 1. The quantitative estimate of drug-likeness (QED) is 0.242. The number of fused-ring (bicyclic) bond motifs is 2. The van der Waals surface area contributed by atoms with Crippen molar-refractivity contribution in [2.45, 2.75) is 13.1 Å². The molecule has 7 aromatic rings. The van der Waals surface area contributed by atoms with E-state index < -0.39 is 0 Å². The second-order valence-electron chi connectivity index (χ2n) is 8.96. The van der Waals surface area contributed by atoms with E-state index in [4.69, 9.17) is 9.97 Å². The number of pyridine rings is 3. The fourth-order valence-corrected chi connectivity index (χ4v) is 5.31. The van der Waals surface area contributed by atoms with Crippen LogP contribution in [0.25, 0.3) is 55.4 Å². The van der Waals surface area contributed by atoms with E-state index in [0.29, 0.717) is 23.7 Å². The van der Waals surface area contributed by atoms with Crippen LogP contribution in [0.3, 0.4) is 0 Å². The van der Waals surface area contributed by atoms with Crippen molar-refractivity contribution in [1.82, 2.24) is 40.4 Å². The second kappa shape index (κ2) is 9.62. The molecule has 7 rings (SSSR count). The summed E-state index contributed by atoms with van der Waals surface area (Å²) in [6, 6.07) is 22.6. The third-order valence-corrected chi connectivity index (χ3v) is 7.31. The van der Waals surface area contributed by atoms with Crippen molar-refractivity contribution >= 4 is 33.5 Å². The van der Waals surface area contributed by atoms with Crippen molar-refractivity contribution in [3.63, 3.8) is 0 Å². The summed E-state index contributed by atoms with van der Waals surface area (Å²) in [5.41, 5.74) is 8.96. The van der Waals surface area contributed by atoms with Gasteiger partial charge in [-0.1, -0.05) is 36.4 Å². The number of hydrogen-bond donors (Lipinski definition) is 3. The Kier molecular flexibility index (Phi) is 5.69. The highest BCUT2D eigenvalue weighted by atomic mass is 32.1. The molecule has 6 aromatic heterocycles. The van der Waals surface area contributed by atoms with Crippen LogP contribution in [0.4, 0.5) is 0 Å². The van der Waals surface area contributed by atoms with Gasteiger partial charge in [-0.25, -0.2) is 15.0 Å². The Hall–Kier alpha value is -4.73. The number of hydrogen-bond acceptors (Lipinski definition) is 7. The molecule has 3 N–H and O–H groups in total. The predicted octanol–water partition coefficient (Wildman–Crippen LogP) is 5.98. The van der Waals surface area contributed by atoms with E-state index in [1.54, 1.807) is 17.5 Å². The predicted molar refractivity (Wildman–Crippen MR) is 150 cm³/mol. The van der Waals surface area contributed by atoms with Crippen LogP contribution >= 0.6 is 11.3 Å². The van der Waals surface area contributed by atoms with Crippen LogP contribution in [0.5, 0.6) is 0 Å². The first-order valence-electron chi connectivity index (χ1n) is 12.2. The van der Waals surface area contributed by atoms with Gasteiger partial charge >= 0.3 is 0 Å². The van der Waals surface area contributed by atoms with Crippen molar-refractivity contribution in [2.75, 3.05) is 0 Å². The minimum absolute atomic E-state index is 0.629. The molecular formula is C29H22N8S. The summed E-state index contributed by atoms with van der Waals surface area (Å²) in [5.74, 6) is 0.629. The topological polar surface area (TPSA) is 108 Å². The van der Waals surface area contributed by atoms with E-state index in [-0.39, 0.29) is 0 Å². The van der Waals surface area contributed by atoms with Gasteiger partial charge in [-0.15, -0.1) is 11.3 Å². The van der Waals surface area contributed by atoms with Gasteiger partial charge in [0.05, 0.1) is 16.7 Å². The van der Waals surface area contributed by atoms with Crippen LogP contribution < -0.4 is 5.32 Å². The molecule has 184 valence electrons. The standard InChI is InChI=1S/C29H22N8S/c1-2-5-18(6-3-1)14-30-15-19-13-20(17-31-16-19)22-8-9-23-26(33-22)27(37-36-23)29-34-25-21(24-7-4-12-38-24)10-11-32-28(25)35-29/h1-13,16-17,30H,14-15H2,(H,36,37)(H,32,34,35). The highest BCUT2D eigenvalue weighted by Gasteiger charge is 2.17. The van der Waals surface area contributed by atoms with Gasteiger partial charge in [0.15, 0.2) is 17.2 Å². The first-order chi connectivity index (χ1) is 18.8. The SMILES string of the molecule is c1ccc(CNCc2cncc(-c3ccc4[nH]nc(-c5nc6nccc(-c7cccs7)c6[nH]5)c4n3)c2)cc1. The lowest BCUT2D eigenvalue weighted by molar-refractivity contribution is 0.691. The van der Waals surface area contributed by atoms with E-state index in [9.17, 15) is 0 Å². The number of imidazole rings is 1. The number of rotatable bonds is 7. The normalized spacial score (nSPS) is 11.5. The van der Waals surface area contributed by atoms with Gasteiger partial charge in [-0.2, -0.15) is 5.10 Å². The van der Waals surface area contributed by atoms with Gasteiger partial charge in [0, 0.05) is 47.7 Å². The van der Waals surface area contributed by atoms with Crippen LogP contribution in [0.1, 0.15) is 11.1 Å². The first kappa shape index (κ1) is 22.5. The van der Waals surface area contributed by atoms with Gasteiger partial charge in [-0.3, -0.25) is 10.1 Å². The van der Waals surface area contributed by atoms with Crippen LogP contribution in [0, 0.1) is 0 Å². The highest BCUT2D eigenvalue weighted by Crippen LogP contribution is 2.32. The Bertz CT molecular complexity index is 1850. The molecule has 9 heteroatoms. The molecule has 0 fully saturated rings. The van der Waals surface area contributed by atoms with Gasteiger partial charge < -0.3 is 10.3 Å². The van der Waals surface area contributed by atoms with E-state index in [1.807, 2.05) is 42.7 Å². The monoisotopic (exact) mass is 514 g/mol. The second-order valence-corrected chi connectivity index (χ2v) is 9.90. The molecule has 0 spiro atoms. The van der Waals surface area contributed by atoms with Gasteiger partial charge in [0.1, 0.15) is 5.52 Å². The average Bonchev–Trinajstić information content (AvgIpc) is 3.73. The summed E-state index contributed by atoms with van der Waals surface area (Å²) in [5, 5.41) is 13.2. The summed E-state index contributed by atoms with van der Waals surface area (Å²) < 4.78 is 0. The lowest BCUT2D eigenvalue weighted by atomic mass is 10.1. The molecule has 1 aromatic carbocycles. The molecule has 0 amide bonds. The van der Waals surface area contributed by atoms with Gasteiger partial charge in [-0.05, 0) is 46.8 Å². The summed E-state index contributed by atoms with van der Waals surface area (Å²) >= 11 is 1.68. The molecule has 0 bridgehead atoms. The maximum atomic E-state index is 4.96. The molecule has 0 saturated carbocycles. The van der Waals surface area contributed by atoms with Crippen LogP contribution in [-0.4, -0.2) is 35.1 Å². The van der Waals surface area contributed by atoms with E-state index in [1.165, 1.54) is 5.56 Å². The third-order valence-electron chi connectivity index (χ3n) is 6.40. The fourth-order valence-electron chi connectivity index (χ4n) is 4.56. The fraction of sp³-hybridized carbons (Fsp3) is 0.0690. The van der Waals surface area contributed by atoms with Crippen LogP contribution in [0.15, 0.2) is 90.7 Å². The zero-order valence-corrected chi connectivity index (χ0v) is 21.0. The minimum Gasteiger partial charge on any atom is -0.335 e. The number of aromatic nitrogens is 7. The largest absolute Gasteiger partial charge is 0.335 e. The lowest BCUT2D eigenvalue weighted by Crippen LogP contribution is -2.12. The maximum absolute atomic E-state index is 4.96. The Morgan fingerprint density at radius 1 is 0.868 bits per heavy atom. The number of benzene rings is 1. The molecule has 0 atom stereocenters. The molecule has 38 heavy (non-hydrogen) atoms. The molecule has 0 aliphatic rings. The van der Waals surface area contributed by atoms with E-state index in [0.717, 1.165) is 50.4 Å².